The Bertz CT molecular complexity index is 890. The maximum absolute atomic E-state index is 11.3. The standard InChI is InChI=1S/C16H12ClN3OS2/c1-9(21)10-5-7-11(8-6-10)18-15(22)20-16-19-14-12(17)3-2-4-13(14)23-16/h2-8H,1H3,(H2,18,19,20,22). The Kier molecular flexibility index (Phi) is 4.56. The molecule has 0 saturated heterocycles. The number of hydrogen-bond acceptors (Lipinski definition) is 4. The quantitative estimate of drug-likeness (QED) is 0.510. The normalized spacial score (nSPS) is 10.5. The van der Waals surface area contributed by atoms with Gasteiger partial charge in [0.2, 0.25) is 0 Å². The van der Waals surface area contributed by atoms with Crippen molar-refractivity contribution < 1.29 is 4.79 Å². The lowest BCUT2D eigenvalue weighted by Gasteiger charge is -2.08. The van der Waals surface area contributed by atoms with Crippen molar-refractivity contribution in [3.8, 4) is 0 Å². The molecule has 0 bridgehead atoms. The van der Waals surface area contributed by atoms with Crippen molar-refractivity contribution in [2.75, 3.05) is 10.6 Å². The molecule has 116 valence electrons. The van der Waals surface area contributed by atoms with E-state index in [2.05, 4.69) is 15.6 Å². The highest BCUT2D eigenvalue weighted by Gasteiger charge is 2.08. The fourth-order valence-corrected chi connectivity index (χ4v) is 3.47. The molecule has 23 heavy (non-hydrogen) atoms. The van der Waals surface area contributed by atoms with Gasteiger partial charge in [-0.15, -0.1) is 0 Å². The molecule has 0 saturated carbocycles. The number of nitrogens with one attached hydrogen (secondary N) is 2. The van der Waals surface area contributed by atoms with Gasteiger partial charge in [0.25, 0.3) is 0 Å². The lowest BCUT2D eigenvalue weighted by molar-refractivity contribution is 0.101. The Morgan fingerprint density at radius 3 is 2.57 bits per heavy atom. The minimum Gasteiger partial charge on any atom is -0.332 e. The van der Waals surface area contributed by atoms with Crippen molar-refractivity contribution in [1.82, 2.24) is 4.98 Å². The second-order valence-corrected chi connectivity index (χ2v) is 6.66. The van der Waals surface area contributed by atoms with Crippen molar-refractivity contribution in [1.29, 1.82) is 0 Å². The van der Waals surface area contributed by atoms with E-state index in [4.69, 9.17) is 23.8 Å². The maximum Gasteiger partial charge on any atom is 0.190 e. The second kappa shape index (κ2) is 6.62. The number of Topliss-reactive ketones (excluding diaryl/α,β-unsaturated/α-hetero) is 1. The van der Waals surface area contributed by atoms with Crippen molar-refractivity contribution in [2.45, 2.75) is 6.92 Å². The molecule has 7 heteroatoms. The van der Waals surface area contributed by atoms with Crippen LogP contribution >= 0.6 is 35.2 Å². The Morgan fingerprint density at radius 2 is 1.91 bits per heavy atom. The number of nitrogens with zero attached hydrogens (tertiary/aromatic N) is 1. The van der Waals surface area contributed by atoms with E-state index in [1.54, 1.807) is 30.3 Å². The van der Waals surface area contributed by atoms with Crippen molar-refractivity contribution in [2.24, 2.45) is 0 Å². The molecule has 3 rings (SSSR count). The number of carbonyl (C=O) groups is 1. The van der Waals surface area contributed by atoms with Gasteiger partial charge >= 0.3 is 0 Å². The van der Waals surface area contributed by atoms with Gasteiger partial charge in [-0.25, -0.2) is 4.98 Å². The minimum absolute atomic E-state index is 0.0311. The van der Waals surface area contributed by atoms with Gasteiger partial charge in [-0.05, 0) is 55.5 Å². The second-order valence-electron chi connectivity index (χ2n) is 4.82. The third-order valence-corrected chi connectivity index (χ3v) is 4.58. The van der Waals surface area contributed by atoms with Crippen LogP contribution in [0.3, 0.4) is 0 Å². The predicted octanol–water partition coefficient (Wildman–Crippen LogP) is 4.96. The molecule has 0 radical (unpaired) electrons. The number of fused-ring (bicyclic) bond motifs is 1. The largest absolute Gasteiger partial charge is 0.332 e. The number of aromatic nitrogens is 1. The van der Waals surface area contributed by atoms with Crippen LogP contribution in [-0.2, 0) is 0 Å². The van der Waals surface area contributed by atoms with Crippen LogP contribution in [0.1, 0.15) is 17.3 Å². The lowest BCUT2D eigenvalue weighted by Crippen LogP contribution is -2.18. The molecule has 1 aromatic heterocycles. The Hall–Kier alpha value is -2.02. The first-order valence-corrected chi connectivity index (χ1v) is 8.37. The van der Waals surface area contributed by atoms with Gasteiger partial charge in [0, 0.05) is 11.3 Å². The molecule has 3 aromatic rings. The maximum atomic E-state index is 11.3. The number of ketones is 1. The Balaban J connectivity index is 1.70. The first-order valence-electron chi connectivity index (χ1n) is 6.77. The van der Waals surface area contributed by atoms with E-state index in [1.165, 1.54) is 18.3 Å². The SMILES string of the molecule is CC(=O)c1ccc(NC(=S)Nc2nc3c(Cl)cccc3s2)cc1. The number of benzene rings is 2. The van der Waals surface area contributed by atoms with E-state index in [0.717, 1.165) is 15.9 Å². The zero-order chi connectivity index (χ0) is 16.4. The summed E-state index contributed by atoms with van der Waals surface area (Å²) in [7, 11) is 0. The van der Waals surface area contributed by atoms with E-state index in [1.807, 2.05) is 12.1 Å². The smallest absolute Gasteiger partial charge is 0.190 e. The van der Waals surface area contributed by atoms with Gasteiger partial charge in [0.05, 0.1) is 9.72 Å². The first kappa shape index (κ1) is 15.9. The third kappa shape index (κ3) is 3.67. The Labute approximate surface area is 147 Å². The first-order chi connectivity index (χ1) is 11.0. The minimum atomic E-state index is 0.0311. The molecule has 0 aliphatic rings. The van der Waals surface area contributed by atoms with Crippen LogP contribution in [0.4, 0.5) is 10.8 Å². The average molecular weight is 362 g/mol. The van der Waals surface area contributed by atoms with Gasteiger partial charge in [-0.3, -0.25) is 4.79 Å². The fourth-order valence-electron chi connectivity index (χ4n) is 2.02. The monoisotopic (exact) mass is 361 g/mol. The van der Waals surface area contributed by atoms with Crippen LogP contribution in [0, 0.1) is 0 Å². The van der Waals surface area contributed by atoms with E-state index >= 15 is 0 Å². The highest BCUT2D eigenvalue weighted by atomic mass is 35.5. The van der Waals surface area contributed by atoms with Crippen molar-refractivity contribution >= 4 is 67.1 Å². The molecule has 0 aliphatic carbocycles. The number of anilines is 2. The van der Waals surface area contributed by atoms with Crippen molar-refractivity contribution in [3.05, 3.63) is 53.1 Å². The number of para-hydroxylation sites is 1. The third-order valence-electron chi connectivity index (χ3n) is 3.14. The molecular formula is C16H12ClN3OS2. The average Bonchev–Trinajstić information content (AvgIpc) is 2.91. The van der Waals surface area contributed by atoms with Crippen LogP contribution in [0.5, 0.6) is 0 Å². The van der Waals surface area contributed by atoms with Crippen LogP contribution < -0.4 is 10.6 Å². The highest BCUT2D eigenvalue weighted by Crippen LogP contribution is 2.30. The van der Waals surface area contributed by atoms with Crippen LogP contribution in [0.2, 0.25) is 5.02 Å². The number of halogens is 1. The van der Waals surface area contributed by atoms with Gasteiger partial charge in [-0.1, -0.05) is 29.0 Å². The lowest BCUT2D eigenvalue weighted by atomic mass is 10.1. The summed E-state index contributed by atoms with van der Waals surface area (Å²) in [5.41, 5.74) is 2.22. The number of thiocarbonyl (C=S) groups is 1. The molecule has 0 fully saturated rings. The molecule has 0 spiro atoms. The van der Waals surface area contributed by atoms with E-state index in [9.17, 15) is 4.79 Å². The molecule has 2 N–H and O–H groups in total. The molecule has 0 unspecified atom stereocenters. The van der Waals surface area contributed by atoms with Gasteiger partial charge in [0.15, 0.2) is 16.0 Å². The number of hydrogen-bond donors (Lipinski definition) is 2. The molecule has 2 aromatic carbocycles. The van der Waals surface area contributed by atoms with E-state index in [-0.39, 0.29) is 5.78 Å². The molecular weight excluding hydrogens is 350 g/mol. The van der Waals surface area contributed by atoms with Crippen LogP contribution in [0.25, 0.3) is 10.2 Å². The van der Waals surface area contributed by atoms with Crippen molar-refractivity contribution in [3.63, 3.8) is 0 Å². The number of thiazole rings is 1. The van der Waals surface area contributed by atoms with Gasteiger partial charge < -0.3 is 10.6 Å². The summed E-state index contributed by atoms with van der Waals surface area (Å²) in [5.74, 6) is 0.0311. The zero-order valence-corrected chi connectivity index (χ0v) is 14.5. The fraction of sp³-hybridized carbons (Fsp3) is 0.0625. The summed E-state index contributed by atoms with van der Waals surface area (Å²) < 4.78 is 0.994. The summed E-state index contributed by atoms with van der Waals surface area (Å²) in [5, 5.41) is 7.82. The molecule has 0 atom stereocenters. The number of rotatable bonds is 3. The van der Waals surface area contributed by atoms with E-state index in [0.29, 0.717) is 20.8 Å². The van der Waals surface area contributed by atoms with E-state index < -0.39 is 0 Å². The molecule has 0 amide bonds. The summed E-state index contributed by atoms with van der Waals surface area (Å²) in [6, 6.07) is 12.8. The Morgan fingerprint density at radius 1 is 1.17 bits per heavy atom. The van der Waals surface area contributed by atoms with Crippen LogP contribution in [0.15, 0.2) is 42.5 Å². The highest BCUT2D eigenvalue weighted by molar-refractivity contribution is 7.80. The van der Waals surface area contributed by atoms with Crippen LogP contribution in [-0.4, -0.2) is 15.9 Å². The summed E-state index contributed by atoms with van der Waals surface area (Å²) in [6.45, 7) is 1.53. The summed E-state index contributed by atoms with van der Waals surface area (Å²) in [6.07, 6.45) is 0. The zero-order valence-electron chi connectivity index (χ0n) is 12.1. The summed E-state index contributed by atoms with van der Waals surface area (Å²) >= 11 is 12.9. The summed E-state index contributed by atoms with van der Waals surface area (Å²) in [4.78, 5) is 15.7. The predicted molar refractivity (Wildman–Crippen MR) is 101 cm³/mol. The molecule has 0 aliphatic heterocycles. The molecule has 1 heterocycles. The molecule has 4 nitrogen and oxygen atoms in total. The number of carbonyl (C=O) groups excluding carboxylic acids is 1. The van der Waals surface area contributed by atoms with Gasteiger partial charge in [-0.2, -0.15) is 0 Å². The topological polar surface area (TPSA) is 54.0 Å². The van der Waals surface area contributed by atoms with Gasteiger partial charge in [0.1, 0.15) is 5.52 Å².